The molecule has 0 spiro atoms. The molecule has 4 amide bonds. The number of hydrogen-bond donors (Lipinski definition) is 4. The number of fused-ring (bicyclic) bond motifs is 1. The van der Waals surface area contributed by atoms with Gasteiger partial charge in [0.2, 0.25) is 23.6 Å². The third-order valence-electron chi connectivity index (χ3n) is 9.18. The normalized spacial score (nSPS) is 26.4. The number of nitrogens with one attached hydrogen (secondary N) is 3. The van der Waals surface area contributed by atoms with E-state index in [1.807, 2.05) is 30.3 Å². The molecule has 0 aromatic heterocycles. The minimum Gasteiger partial charge on any atom is -0.386 e. The topological polar surface area (TPSA) is 145 Å². The Bertz CT molecular complexity index is 1120. The van der Waals surface area contributed by atoms with Gasteiger partial charge in [0, 0.05) is 19.4 Å². The fourth-order valence-corrected chi connectivity index (χ4v) is 6.66. The molecule has 1 saturated carbocycles. The van der Waals surface area contributed by atoms with Crippen molar-refractivity contribution in [2.75, 3.05) is 6.54 Å². The minimum atomic E-state index is -0.993. The van der Waals surface area contributed by atoms with Crippen LogP contribution in [-0.4, -0.2) is 76.2 Å². The highest BCUT2D eigenvalue weighted by Crippen LogP contribution is 2.28. The van der Waals surface area contributed by atoms with Gasteiger partial charge in [-0.15, -0.1) is 0 Å². The maximum atomic E-state index is 13.9. The molecular weight excluding hydrogens is 548 g/mol. The summed E-state index contributed by atoms with van der Waals surface area (Å²) in [6.07, 6.45) is 8.68. The van der Waals surface area contributed by atoms with Crippen LogP contribution in [0, 0.1) is 5.92 Å². The molecule has 0 bridgehead atoms. The zero-order chi connectivity index (χ0) is 30.8. The number of unbranched alkanes of at least 4 members (excludes halogenated alkanes) is 2. The summed E-state index contributed by atoms with van der Waals surface area (Å²) in [4.78, 5) is 68.3. The highest BCUT2D eigenvalue weighted by Gasteiger charge is 2.41. The number of ketones is 1. The average Bonchev–Trinajstić information content (AvgIpc) is 3.50. The van der Waals surface area contributed by atoms with Crippen molar-refractivity contribution < 1.29 is 29.1 Å². The highest BCUT2D eigenvalue weighted by atomic mass is 16.3. The summed E-state index contributed by atoms with van der Waals surface area (Å²) < 4.78 is 0. The van der Waals surface area contributed by atoms with Gasteiger partial charge in [-0.25, -0.2) is 0 Å². The number of Topliss-reactive ketones (excluding diaryl/α,β-unsaturated/α-hetero) is 1. The molecule has 4 N–H and O–H groups in total. The van der Waals surface area contributed by atoms with E-state index in [9.17, 15) is 29.1 Å². The van der Waals surface area contributed by atoms with Gasteiger partial charge in [-0.3, -0.25) is 24.0 Å². The third kappa shape index (κ3) is 9.36. The molecule has 10 nitrogen and oxygen atoms in total. The molecule has 1 aromatic carbocycles. The van der Waals surface area contributed by atoms with E-state index >= 15 is 0 Å². The molecule has 4 rings (SSSR count). The molecule has 3 aliphatic rings. The van der Waals surface area contributed by atoms with E-state index in [-0.39, 0.29) is 29.9 Å². The Kier molecular flexibility index (Phi) is 12.1. The molecule has 1 aromatic rings. The van der Waals surface area contributed by atoms with Gasteiger partial charge in [-0.1, -0.05) is 75.3 Å². The number of aliphatic hydroxyl groups is 1. The van der Waals surface area contributed by atoms with Gasteiger partial charge < -0.3 is 26.0 Å². The fourth-order valence-electron chi connectivity index (χ4n) is 6.66. The van der Waals surface area contributed by atoms with Gasteiger partial charge in [0.1, 0.15) is 30.3 Å². The summed E-state index contributed by atoms with van der Waals surface area (Å²) in [6.45, 7) is 1.87. The first-order valence-corrected chi connectivity index (χ1v) is 16.2. The fraction of sp³-hybridized carbons (Fsp3) is 0.667. The van der Waals surface area contributed by atoms with Crippen LogP contribution in [0.5, 0.6) is 0 Å². The number of rotatable bonds is 11. The van der Waals surface area contributed by atoms with Crippen molar-refractivity contribution in [2.45, 2.75) is 127 Å². The van der Waals surface area contributed by atoms with Crippen LogP contribution in [0.3, 0.4) is 0 Å². The molecule has 3 fully saturated rings. The summed E-state index contributed by atoms with van der Waals surface area (Å²) in [5.41, 5.74) is 0.900. The molecular formula is C33H48N4O6. The molecule has 1 aliphatic carbocycles. The summed E-state index contributed by atoms with van der Waals surface area (Å²) in [5.74, 6) is -1.33. The SMILES string of the molecule is C[C@@H](O)C(=O)CCCCC[C@@H]1NC(=O)[C@H]2CCCN2C(=O)[C@H](Cc2ccccc2)NC(=O)[C@@H](CC2CCCCC2)NC1=O. The molecule has 2 saturated heterocycles. The smallest absolute Gasteiger partial charge is 0.246 e. The number of carbonyl (C=O) groups excluding carboxylic acids is 5. The molecule has 10 heteroatoms. The zero-order valence-corrected chi connectivity index (χ0v) is 25.4. The predicted molar refractivity (Wildman–Crippen MR) is 162 cm³/mol. The van der Waals surface area contributed by atoms with Crippen molar-refractivity contribution in [2.24, 2.45) is 5.92 Å². The number of benzene rings is 1. The van der Waals surface area contributed by atoms with Crippen molar-refractivity contribution in [1.29, 1.82) is 0 Å². The first kappa shape index (κ1) is 32.6. The van der Waals surface area contributed by atoms with E-state index in [0.29, 0.717) is 63.8 Å². The monoisotopic (exact) mass is 596 g/mol. The Morgan fingerprint density at radius 2 is 1.51 bits per heavy atom. The molecule has 43 heavy (non-hydrogen) atoms. The van der Waals surface area contributed by atoms with Crippen LogP contribution < -0.4 is 16.0 Å². The lowest BCUT2D eigenvalue weighted by Crippen LogP contribution is -2.61. The lowest BCUT2D eigenvalue weighted by molar-refractivity contribution is -0.143. The van der Waals surface area contributed by atoms with E-state index in [1.54, 1.807) is 4.90 Å². The Labute approximate surface area is 254 Å². The Hall–Kier alpha value is -3.27. The molecule has 0 unspecified atom stereocenters. The second kappa shape index (κ2) is 16.0. The Balaban J connectivity index is 1.55. The van der Waals surface area contributed by atoms with Crippen LogP contribution in [0.25, 0.3) is 0 Å². The van der Waals surface area contributed by atoms with Crippen LogP contribution in [0.15, 0.2) is 30.3 Å². The predicted octanol–water partition coefficient (Wildman–Crippen LogP) is 2.56. The number of amides is 4. The van der Waals surface area contributed by atoms with Gasteiger partial charge in [0.25, 0.3) is 0 Å². The maximum Gasteiger partial charge on any atom is 0.246 e. The Morgan fingerprint density at radius 1 is 0.837 bits per heavy atom. The molecule has 0 radical (unpaired) electrons. The number of aliphatic hydroxyl groups excluding tert-OH is 1. The number of hydrogen-bond acceptors (Lipinski definition) is 6. The second-order valence-corrected chi connectivity index (χ2v) is 12.5. The van der Waals surface area contributed by atoms with E-state index in [4.69, 9.17) is 0 Å². The minimum absolute atomic E-state index is 0.217. The summed E-state index contributed by atoms with van der Waals surface area (Å²) in [7, 11) is 0. The van der Waals surface area contributed by atoms with Gasteiger partial charge in [-0.2, -0.15) is 0 Å². The van der Waals surface area contributed by atoms with Crippen LogP contribution in [0.4, 0.5) is 0 Å². The van der Waals surface area contributed by atoms with E-state index < -0.39 is 36.2 Å². The van der Waals surface area contributed by atoms with Crippen LogP contribution in [0.2, 0.25) is 0 Å². The number of carbonyl (C=O) groups is 5. The van der Waals surface area contributed by atoms with Gasteiger partial charge in [-0.05, 0) is 50.5 Å². The number of nitrogens with zero attached hydrogens (tertiary/aromatic N) is 1. The molecule has 2 heterocycles. The van der Waals surface area contributed by atoms with E-state index in [2.05, 4.69) is 16.0 Å². The van der Waals surface area contributed by atoms with Gasteiger partial charge in [0.15, 0.2) is 5.78 Å². The lowest BCUT2D eigenvalue weighted by atomic mass is 9.84. The largest absolute Gasteiger partial charge is 0.386 e. The molecule has 236 valence electrons. The highest BCUT2D eigenvalue weighted by molar-refractivity contribution is 5.98. The van der Waals surface area contributed by atoms with Crippen LogP contribution in [-0.2, 0) is 30.4 Å². The average molecular weight is 597 g/mol. The summed E-state index contributed by atoms with van der Waals surface area (Å²) >= 11 is 0. The standard InChI is InChI=1S/C33H48N4O6/c1-22(38)29(39)18-10-4-9-16-25-30(40)35-26(20-23-12-5-2-6-13-23)31(41)36-27(21-24-14-7-3-8-15-24)33(43)37-19-11-17-28(37)32(42)34-25/h3,7-8,14-15,22-23,25-28,38H,2,4-6,9-13,16-21H2,1H3,(H,34,42)(H,35,40)(H,36,41)/t22-,25+,26-,27+,28-/m1/s1. The van der Waals surface area contributed by atoms with E-state index in [1.165, 1.54) is 13.3 Å². The van der Waals surface area contributed by atoms with Crippen molar-refractivity contribution in [3.8, 4) is 0 Å². The Morgan fingerprint density at radius 3 is 2.23 bits per heavy atom. The van der Waals surface area contributed by atoms with Gasteiger partial charge >= 0.3 is 0 Å². The zero-order valence-electron chi connectivity index (χ0n) is 25.4. The molecule has 2 aliphatic heterocycles. The third-order valence-corrected chi connectivity index (χ3v) is 9.18. The first-order chi connectivity index (χ1) is 20.7. The summed E-state index contributed by atoms with van der Waals surface area (Å²) in [6, 6.07) is 6.25. The quantitative estimate of drug-likeness (QED) is 0.289. The van der Waals surface area contributed by atoms with Crippen molar-refractivity contribution in [3.63, 3.8) is 0 Å². The van der Waals surface area contributed by atoms with Crippen molar-refractivity contribution in [1.82, 2.24) is 20.9 Å². The van der Waals surface area contributed by atoms with E-state index in [0.717, 1.165) is 31.2 Å². The lowest BCUT2D eigenvalue weighted by Gasteiger charge is -2.33. The first-order valence-electron chi connectivity index (χ1n) is 16.2. The van der Waals surface area contributed by atoms with Crippen molar-refractivity contribution in [3.05, 3.63) is 35.9 Å². The van der Waals surface area contributed by atoms with Crippen molar-refractivity contribution >= 4 is 29.4 Å². The van der Waals surface area contributed by atoms with Crippen LogP contribution >= 0.6 is 0 Å². The molecule has 5 atom stereocenters. The summed E-state index contributed by atoms with van der Waals surface area (Å²) in [5, 5.41) is 18.3. The van der Waals surface area contributed by atoms with Gasteiger partial charge in [0.05, 0.1) is 0 Å². The second-order valence-electron chi connectivity index (χ2n) is 12.5. The van der Waals surface area contributed by atoms with Crippen LogP contribution in [0.1, 0.15) is 96.0 Å². The maximum absolute atomic E-state index is 13.9.